The maximum atomic E-state index is 5.41. The molecular weight excluding hydrogens is 439 g/mol. The fourth-order valence-electron chi connectivity index (χ4n) is 2.86. The summed E-state index contributed by atoms with van der Waals surface area (Å²) < 4.78 is 5.41. The molecule has 0 radical (unpaired) electrons. The van der Waals surface area contributed by atoms with E-state index in [2.05, 4.69) is 60.6 Å². The van der Waals surface area contributed by atoms with Crippen molar-refractivity contribution >= 4 is 35.6 Å². The molecule has 2 N–H and O–H groups in total. The molecule has 1 saturated heterocycles. The fourth-order valence-corrected chi connectivity index (χ4v) is 2.86. The maximum absolute atomic E-state index is 5.41. The summed E-state index contributed by atoms with van der Waals surface area (Å²) in [5, 5.41) is 6.75. The van der Waals surface area contributed by atoms with Gasteiger partial charge in [-0.05, 0) is 43.4 Å². The largest absolute Gasteiger partial charge is 0.378 e. The number of halogens is 1. The molecule has 0 aromatic heterocycles. The van der Waals surface area contributed by atoms with Crippen LogP contribution in [-0.2, 0) is 11.3 Å². The first kappa shape index (κ1) is 23.0. The molecule has 0 bridgehead atoms. The van der Waals surface area contributed by atoms with Gasteiger partial charge in [-0.25, -0.2) is 4.99 Å². The minimum Gasteiger partial charge on any atom is -0.378 e. The number of rotatable bonds is 8. The summed E-state index contributed by atoms with van der Waals surface area (Å²) >= 11 is 0. The van der Waals surface area contributed by atoms with Crippen LogP contribution in [0.2, 0.25) is 0 Å². The van der Waals surface area contributed by atoms with Gasteiger partial charge in [-0.2, -0.15) is 0 Å². The topological polar surface area (TPSA) is 48.9 Å². The van der Waals surface area contributed by atoms with Crippen LogP contribution in [0, 0.1) is 5.92 Å². The first-order valence-corrected chi connectivity index (χ1v) is 9.63. The van der Waals surface area contributed by atoms with E-state index in [1.54, 1.807) is 0 Å². The van der Waals surface area contributed by atoms with Gasteiger partial charge in [0.05, 0.1) is 19.8 Å². The smallest absolute Gasteiger partial charge is 0.191 e. The van der Waals surface area contributed by atoms with Crippen molar-refractivity contribution in [3.63, 3.8) is 0 Å². The third kappa shape index (κ3) is 8.58. The Morgan fingerprint density at radius 1 is 1.15 bits per heavy atom. The Hall–Kier alpha value is -1.02. The second kappa shape index (κ2) is 13.2. The molecule has 0 atom stereocenters. The number of hydrogen-bond acceptors (Lipinski definition) is 3. The van der Waals surface area contributed by atoms with E-state index >= 15 is 0 Å². The highest BCUT2D eigenvalue weighted by Gasteiger charge is 2.10. The first-order chi connectivity index (χ1) is 12.2. The van der Waals surface area contributed by atoms with Crippen LogP contribution in [0.25, 0.3) is 0 Å². The third-order valence-electron chi connectivity index (χ3n) is 4.33. The zero-order valence-corrected chi connectivity index (χ0v) is 18.8. The van der Waals surface area contributed by atoms with Crippen molar-refractivity contribution in [3.8, 4) is 0 Å². The van der Waals surface area contributed by atoms with E-state index in [0.29, 0.717) is 6.54 Å². The predicted molar refractivity (Wildman–Crippen MR) is 122 cm³/mol. The van der Waals surface area contributed by atoms with E-state index in [-0.39, 0.29) is 24.0 Å². The average Bonchev–Trinajstić information content (AvgIpc) is 2.64. The molecule has 1 aromatic rings. The Labute approximate surface area is 176 Å². The fraction of sp³-hybridized carbons (Fsp3) is 0.650. The zero-order chi connectivity index (χ0) is 17.9. The standard InChI is InChI=1S/C20H34N4O.HI/c1-4-21-20(22-11-5-6-17(2)3)23-16-18-7-9-19(10-8-18)24-12-14-25-15-13-24;/h7-10,17H,4-6,11-16H2,1-3H3,(H2,21,22,23);1H. The van der Waals surface area contributed by atoms with Gasteiger partial charge in [-0.15, -0.1) is 24.0 Å². The van der Waals surface area contributed by atoms with Crippen LogP contribution in [0.3, 0.4) is 0 Å². The van der Waals surface area contributed by atoms with Gasteiger partial charge < -0.3 is 20.3 Å². The lowest BCUT2D eigenvalue weighted by Gasteiger charge is -2.28. The number of nitrogens with zero attached hydrogens (tertiary/aromatic N) is 2. The molecular formula is C20H35IN4O. The first-order valence-electron chi connectivity index (χ1n) is 9.63. The summed E-state index contributed by atoms with van der Waals surface area (Å²) in [5.74, 6) is 1.66. The van der Waals surface area contributed by atoms with Gasteiger partial charge in [-0.1, -0.05) is 26.0 Å². The summed E-state index contributed by atoms with van der Waals surface area (Å²) in [5.41, 5.74) is 2.51. The van der Waals surface area contributed by atoms with Gasteiger partial charge in [0.25, 0.3) is 0 Å². The van der Waals surface area contributed by atoms with E-state index in [9.17, 15) is 0 Å². The minimum absolute atomic E-state index is 0. The number of hydrogen-bond donors (Lipinski definition) is 2. The monoisotopic (exact) mass is 474 g/mol. The van der Waals surface area contributed by atoms with Gasteiger partial charge in [-0.3, -0.25) is 0 Å². The molecule has 0 saturated carbocycles. The van der Waals surface area contributed by atoms with Crippen molar-refractivity contribution in [3.05, 3.63) is 29.8 Å². The highest BCUT2D eigenvalue weighted by Crippen LogP contribution is 2.17. The lowest BCUT2D eigenvalue weighted by Crippen LogP contribution is -2.37. The lowest BCUT2D eigenvalue weighted by atomic mass is 10.1. The average molecular weight is 474 g/mol. The van der Waals surface area contributed by atoms with Crippen LogP contribution in [0.1, 0.15) is 39.2 Å². The third-order valence-corrected chi connectivity index (χ3v) is 4.33. The van der Waals surface area contributed by atoms with E-state index in [1.807, 2.05) is 0 Å². The molecule has 1 heterocycles. The molecule has 5 nitrogen and oxygen atoms in total. The second-order valence-electron chi connectivity index (χ2n) is 6.92. The van der Waals surface area contributed by atoms with Crippen molar-refractivity contribution in [2.75, 3.05) is 44.3 Å². The van der Waals surface area contributed by atoms with Crippen molar-refractivity contribution < 1.29 is 4.74 Å². The van der Waals surface area contributed by atoms with Crippen LogP contribution in [0.5, 0.6) is 0 Å². The molecule has 0 aliphatic carbocycles. The molecule has 0 amide bonds. The SMILES string of the molecule is CCNC(=NCc1ccc(N2CCOCC2)cc1)NCCCC(C)C.I. The predicted octanol–water partition coefficient (Wildman–Crippen LogP) is 3.63. The quantitative estimate of drug-likeness (QED) is 0.262. The highest BCUT2D eigenvalue weighted by atomic mass is 127. The van der Waals surface area contributed by atoms with Crippen molar-refractivity contribution in [2.45, 2.75) is 40.2 Å². The molecule has 1 aromatic carbocycles. The van der Waals surface area contributed by atoms with Crippen LogP contribution >= 0.6 is 24.0 Å². The summed E-state index contributed by atoms with van der Waals surface area (Å²) in [6, 6.07) is 8.74. The number of morpholine rings is 1. The summed E-state index contributed by atoms with van der Waals surface area (Å²) in [6.45, 7) is 12.8. The number of ether oxygens (including phenoxy) is 1. The molecule has 2 rings (SSSR count). The molecule has 6 heteroatoms. The second-order valence-corrected chi connectivity index (χ2v) is 6.92. The zero-order valence-electron chi connectivity index (χ0n) is 16.5. The van der Waals surface area contributed by atoms with Crippen molar-refractivity contribution in [2.24, 2.45) is 10.9 Å². The normalized spacial score (nSPS) is 14.9. The minimum atomic E-state index is 0. The number of nitrogens with one attached hydrogen (secondary N) is 2. The lowest BCUT2D eigenvalue weighted by molar-refractivity contribution is 0.122. The van der Waals surface area contributed by atoms with E-state index < -0.39 is 0 Å². The van der Waals surface area contributed by atoms with Crippen LogP contribution in [-0.4, -0.2) is 45.4 Å². The highest BCUT2D eigenvalue weighted by molar-refractivity contribution is 14.0. The number of guanidine groups is 1. The Kier molecular flexibility index (Phi) is 11.7. The van der Waals surface area contributed by atoms with E-state index in [0.717, 1.165) is 51.3 Å². The van der Waals surface area contributed by atoms with Gasteiger partial charge in [0.15, 0.2) is 5.96 Å². The van der Waals surface area contributed by atoms with Gasteiger partial charge >= 0.3 is 0 Å². The molecule has 0 spiro atoms. The van der Waals surface area contributed by atoms with E-state index in [1.165, 1.54) is 24.1 Å². The van der Waals surface area contributed by atoms with Crippen LogP contribution in [0.15, 0.2) is 29.3 Å². The molecule has 148 valence electrons. The Balaban J connectivity index is 0.00000338. The van der Waals surface area contributed by atoms with Crippen molar-refractivity contribution in [1.29, 1.82) is 0 Å². The molecule has 1 aliphatic rings. The number of benzene rings is 1. The summed E-state index contributed by atoms with van der Waals surface area (Å²) in [4.78, 5) is 7.08. The van der Waals surface area contributed by atoms with E-state index in [4.69, 9.17) is 9.73 Å². The Morgan fingerprint density at radius 2 is 1.85 bits per heavy atom. The molecule has 26 heavy (non-hydrogen) atoms. The summed E-state index contributed by atoms with van der Waals surface area (Å²) in [6.07, 6.45) is 2.42. The number of aliphatic imine (C=N–C) groups is 1. The Morgan fingerprint density at radius 3 is 2.46 bits per heavy atom. The van der Waals surface area contributed by atoms with Crippen LogP contribution in [0.4, 0.5) is 5.69 Å². The molecule has 1 fully saturated rings. The number of anilines is 1. The molecule has 0 unspecified atom stereocenters. The Bertz CT molecular complexity index is 513. The van der Waals surface area contributed by atoms with Crippen molar-refractivity contribution in [1.82, 2.24) is 10.6 Å². The maximum Gasteiger partial charge on any atom is 0.191 e. The summed E-state index contributed by atoms with van der Waals surface area (Å²) in [7, 11) is 0. The van der Waals surface area contributed by atoms with Gasteiger partial charge in [0.2, 0.25) is 0 Å². The molecule has 1 aliphatic heterocycles. The van der Waals surface area contributed by atoms with Crippen LogP contribution < -0.4 is 15.5 Å². The van der Waals surface area contributed by atoms with Gasteiger partial charge in [0, 0.05) is 31.9 Å². The van der Waals surface area contributed by atoms with Gasteiger partial charge in [0.1, 0.15) is 0 Å².